The van der Waals surface area contributed by atoms with Crippen molar-refractivity contribution in [3.63, 3.8) is 0 Å². The fourth-order valence-electron chi connectivity index (χ4n) is 2.88. The zero-order chi connectivity index (χ0) is 16.9. The van der Waals surface area contributed by atoms with E-state index in [-0.39, 0.29) is 6.61 Å². The van der Waals surface area contributed by atoms with E-state index < -0.39 is 18.1 Å². The smallest absolute Gasteiger partial charge is 0.322 e. The van der Waals surface area contributed by atoms with Crippen LogP contribution in [0, 0.1) is 0 Å². The Morgan fingerprint density at radius 3 is 3.12 bits per heavy atom. The molecular weight excluding hydrogens is 310 g/mol. The Hall–Kier alpha value is -2.22. The summed E-state index contributed by atoms with van der Waals surface area (Å²) in [6, 6.07) is 8.81. The van der Waals surface area contributed by atoms with Crippen molar-refractivity contribution in [2.45, 2.75) is 12.1 Å². The molecule has 1 saturated heterocycles. The number of aliphatic hydroxyl groups excluding tert-OH is 1. The van der Waals surface area contributed by atoms with Crippen molar-refractivity contribution >= 4 is 16.9 Å². The number of β-amino-alcohol motifs (C(OH)–C–C–N with tert-alkyl or cyclic N) is 1. The summed E-state index contributed by atoms with van der Waals surface area (Å²) in [5, 5.41) is 23.1. The standard InChI is InChI=1S/C17H21N3O4/c21-12(9-20-8-7-19-15(10-20)17(22)23)11-24-16-5-1-4-14-13(16)3-2-6-18-14/h1-6,12,15,19,21H,7-11H2,(H,22,23)/t12-,15?/m1/s1. The number of carboxylic acid groups (broad SMARTS) is 1. The molecule has 3 N–H and O–H groups in total. The van der Waals surface area contributed by atoms with Crippen molar-refractivity contribution < 1.29 is 19.7 Å². The van der Waals surface area contributed by atoms with E-state index in [2.05, 4.69) is 10.3 Å². The minimum Gasteiger partial charge on any atom is -0.490 e. The summed E-state index contributed by atoms with van der Waals surface area (Å²) in [6.45, 7) is 2.22. The van der Waals surface area contributed by atoms with Crippen LogP contribution in [0.2, 0.25) is 0 Å². The minimum atomic E-state index is -0.867. The highest BCUT2D eigenvalue weighted by Gasteiger charge is 2.26. The van der Waals surface area contributed by atoms with Crippen LogP contribution < -0.4 is 10.1 Å². The van der Waals surface area contributed by atoms with Gasteiger partial charge in [0.15, 0.2) is 0 Å². The molecule has 24 heavy (non-hydrogen) atoms. The van der Waals surface area contributed by atoms with E-state index in [4.69, 9.17) is 9.84 Å². The van der Waals surface area contributed by atoms with Crippen LogP contribution in [0.4, 0.5) is 0 Å². The first-order chi connectivity index (χ1) is 11.6. The number of hydrogen-bond donors (Lipinski definition) is 3. The summed E-state index contributed by atoms with van der Waals surface area (Å²) < 4.78 is 5.75. The highest BCUT2D eigenvalue weighted by Crippen LogP contribution is 2.23. The maximum absolute atomic E-state index is 11.0. The second kappa shape index (κ2) is 7.57. The number of piperazine rings is 1. The van der Waals surface area contributed by atoms with Gasteiger partial charge in [-0.05, 0) is 24.3 Å². The first kappa shape index (κ1) is 16.6. The number of ether oxygens (including phenoxy) is 1. The molecule has 0 radical (unpaired) electrons. The summed E-state index contributed by atoms with van der Waals surface area (Å²) in [6.07, 6.45) is 1.04. The third kappa shape index (κ3) is 4.00. The highest BCUT2D eigenvalue weighted by atomic mass is 16.5. The fourth-order valence-corrected chi connectivity index (χ4v) is 2.88. The van der Waals surface area contributed by atoms with Gasteiger partial charge in [0.25, 0.3) is 0 Å². The van der Waals surface area contributed by atoms with Crippen LogP contribution in [-0.4, -0.2) is 71.0 Å². The molecule has 0 bridgehead atoms. The number of rotatable bonds is 6. The van der Waals surface area contributed by atoms with E-state index in [1.54, 1.807) is 6.20 Å². The number of carbonyl (C=O) groups is 1. The zero-order valence-corrected chi connectivity index (χ0v) is 13.3. The maximum atomic E-state index is 11.0. The van der Waals surface area contributed by atoms with Crippen LogP contribution in [0.25, 0.3) is 10.9 Å². The van der Waals surface area contributed by atoms with Crippen LogP contribution in [0.5, 0.6) is 5.75 Å². The number of benzene rings is 1. The molecule has 3 rings (SSSR count). The van der Waals surface area contributed by atoms with Gasteiger partial charge in [0.05, 0.1) is 5.52 Å². The molecule has 2 heterocycles. The summed E-state index contributed by atoms with van der Waals surface area (Å²) in [5.74, 6) is -0.183. The first-order valence-electron chi connectivity index (χ1n) is 7.96. The quantitative estimate of drug-likeness (QED) is 0.702. The van der Waals surface area contributed by atoms with Crippen molar-refractivity contribution in [1.29, 1.82) is 0 Å². The van der Waals surface area contributed by atoms with Crippen molar-refractivity contribution in [2.75, 3.05) is 32.8 Å². The highest BCUT2D eigenvalue weighted by molar-refractivity contribution is 5.84. The molecule has 0 amide bonds. The van der Waals surface area contributed by atoms with Gasteiger partial charge in [0.2, 0.25) is 0 Å². The molecule has 1 aromatic carbocycles. The predicted molar refractivity (Wildman–Crippen MR) is 89.1 cm³/mol. The number of aromatic nitrogens is 1. The van der Waals surface area contributed by atoms with Gasteiger partial charge >= 0.3 is 5.97 Å². The first-order valence-corrected chi connectivity index (χ1v) is 7.96. The topological polar surface area (TPSA) is 94.9 Å². The Labute approximate surface area is 139 Å². The fraction of sp³-hybridized carbons (Fsp3) is 0.412. The third-order valence-corrected chi connectivity index (χ3v) is 4.06. The van der Waals surface area contributed by atoms with Crippen LogP contribution in [0.15, 0.2) is 36.5 Å². The monoisotopic (exact) mass is 331 g/mol. The number of hydrogen-bond acceptors (Lipinski definition) is 6. The van der Waals surface area contributed by atoms with Crippen LogP contribution in [0.1, 0.15) is 0 Å². The van der Waals surface area contributed by atoms with Gasteiger partial charge in [0, 0.05) is 37.8 Å². The Morgan fingerprint density at radius 1 is 1.42 bits per heavy atom. The SMILES string of the molecule is O=C(O)C1CN(C[C@@H](O)COc2cccc3ncccc23)CCN1. The van der Waals surface area contributed by atoms with Gasteiger partial charge in [-0.2, -0.15) is 0 Å². The van der Waals surface area contributed by atoms with Gasteiger partial charge < -0.3 is 20.3 Å². The Kier molecular flexibility index (Phi) is 5.24. The maximum Gasteiger partial charge on any atom is 0.322 e. The molecular formula is C17H21N3O4. The number of aliphatic carboxylic acids is 1. The molecule has 1 unspecified atom stereocenters. The lowest BCUT2D eigenvalue weighted by Crippen LogP contribution is -2.55. The second-order valence-electron chi connectivity index (χ2n) is 5.90. The number of nitrogens with one attached hydrogen (secondary N) is 1. The van der Waals surface area contributed by atoms with Crippen molar-refractivity contribution in [3.8, 4) is 5.75 Å². The van der Waals surface area contributed by atoms with Crippen molar-refractivity contribution in [2.24, 2.45) is 0 Å². The summed E-state index contributed by atoms with van der Waals surface area (Å²) in [5.41, 5.74) is 0.843. The Morgan fingerprint density at radius 2 is 2.29 bits per heavy atom. The molecule has 1 aliphatic rings. The van der Waals surface area contributed by atoms with Crippen LogP contribution >= 0.6 is 0 Å². The molecule has 7 nitrogen and oxygen atoms in total. The van der Waals surface area contributed by atoms with Gasteiger partial charge in [-0.1, -0.05) is 6.07 Å². The predicted octanol–water partition coefficient (Wildman–Crippen LogP) is 0.333. The van der Waals surface area contributed by atoms with Gasteiger partial charge in [-0.3, -0.25) is 14.7 Å². The number of carboxylic acids is 1. The molecule has 1 fully saturated rings. The van der Waals surface area contributed by atoms with E-state index in [1.807, 2.05) is 35.2 Å². The molecule has 1 aliphatic heterocycles. The molecule has 2 aromatic rings. The second-order valence-corrected chi connectivity index (χ2v) is 5.90. The molecule has 1 aromatic heterocycles. The number of nitrogens with zero attached hydrogens (tertiary/aromatic N) is 2. The summed E-state index contributed by atoms with van der Waals surface area (Å²) >= 11 is 0. The molecule has 0 aliphatic carbocycles. The molecule has 7 heteroatoms. The lowest BCUT2D eigenvalue weighted by Gasteiger charge is -2.32. The normalized spacial score (nSPS) is 20.0. The molecule has 0 spiro atoms. The van der Waals surface area contributed by atoms with E-state index in [0.29, 0.717) is 31.9 Å². The van der Waals surface area contributed by atoms with E-state index in [9.17, 15) is 9.90 Å². The third-order valence-electron chi connectivity index (χ3n) is 4.06. The van der Waals surface area contributed by atoms with E-state index in [0.717, 1.165) is 10.9 Å². The van der Waals surface area contributed by atoms with Gasteiger partial charge in [0.1, 0.15) is 24.5 Å². The number of pyridine rings is 1. The summed E-state index contributed by atoms with van der Waals surface area (Å²) in [7, 11) is 0. The van der Waals surface area contributed by atoms with E-state index >= 15 is 0 Å². The van der Waals surface area contributed by atoms with E-state index in [1.165, 1.54) is 0 Å². The van der Waals surface area contributed by atoms with Crippen molar-refractivity contribution in [1.82, 2.24) is 15.2 Å². The van der Waals surface area contributed by atoms with Gasteiger partial charge in [-0.15, -0.1) is 0 Å². The molecule has 0 saturated carbocycles. The average Bonchev–Trinajstić information content (AvgIpc) is 2.60. The Bertz CT molecular complexity index is 704. The summed E-state index contributed by atoms with van der Waals surface area (Å²) in [4.78, 5) is 17.3. The van der Waals surface area contributed by atoms with Crippen LogP contribution in [0.3, 0.4) is 0 Å². The zero-order valence-electron chi connectivity index (χ0n) is 13.3. The lowest BCUT2D eigenvalue weighted by atomic mass is 10.2. The van der Waals surface area contributed by atoms with Crippen LogP contribution in [-0.2, 0) is 4.79 Å². The van der Waals surface area contributed by atoms with Crippen molar-refractivity contribution in [3.05, 3.63) is 36.5 Å². The largest absolute Gasteiger partial charge is 0.490 e. The number of aliphatic hydroxyl groups is 1. The molecule has 128 valence electrons. The lowest BCUT2D eigenvalue weighted by molar-refractivity contribution is -0.140. The average molecular weight is 331 g/mol. The Balaban J connectivity index is 1.55. The number of fused-ring (bicyclic) bond motifs is 1. The minimum absolute atomic E-state index is 0.148. The van der Waals surface area contributed by atoms with Gasteiger partial charge in [-0.25, -0.2) is 0 Å². The molecule has 2 atom stereocenters.